The lowest BCUT2D eigenvalue weighted by Crippen LogP contribution is -2.20. The van der Waals surface area contributed by atoms with Crippen molar-refractivity contribution < 1.29 is 13.2 Å². The summed E-state index contributed by atoms with van der Waals surface area (Å²) in [6, 6.07) is 3.28. The van der Waals surface area contributed by atoms with E-state index in [2.05, 4.69) is 20.9 Å². The predicted molar refractivity (Wildman–Crippen MR) is 70.6 cm³/mol. The summed E-state index contributed by atoms with van der Waals surface area (Å²) in [4.78, 5) is 16.1. The second kappa shape index (κ2) is 4.08. The van der Waals surface area contributed by atoms with Crippen molar-refractivity contribution in [2.75, 3.05) is 0 Å². The largest absolute Gasteiger partial charge is 0.416 e. The fourth-order valence-corrected chi connectivity index (χ4v) is 2.63. The Morgan fingerprint density at radius 2 is 1.90 bits per heavy atom. The maximum Gasteiger partial charge on any atom is 0.416 e. The molecule has 0 atom stereocenters. The average molecular weight is 346 g/mol. The first-order chi connectivity index (χ1) is 9.30. The van der Waals surface area contributed by atoms with E-state index in [0.717, 1.165) is 12.1 Å². The van der Waals surface area contributed by atoms with Crippen molar-refractivity contribution in [3.8, 4) is 0 Å². The van der Waals surface area contributed by atoms with Gasteiger partial charge < -0.3 is 4.57 Å². The van der Waals surface area contributed by atoms with Gasteiger partial charge in [0.25, 0.3) is 5.56 Å². The molecule has 0 spiro atoms. The highest BCUT2D eigenvalue weighted by Gasteiger charge is 2.31. The maximum absolute atomic E-state index is 12.8. The van der Waals surface area contributed by atoms with E-state index in [1.165, 1.54) is 28.3 Å². The van der Waals surface area contributed by atoms with Crippen molar-refractivity contribution in [3.05, 3.63) is 45.0 Å². The molecule has 8 heteroatoms. The number of halogens is 4. The van der Waals surface area contributed by atoms with Gasteiger partial charge in [0.15, 0.2) is 4.73 Å². The highest BCUT2D eigenvalue weighted by atomic mass is 79.9. The van der Waals surface area contributed by atoms with Gasteiger partial charge in [-0.15, -0.1) is 0 Å². The first kappa shape index (κ1) is 13.2. The lowest BCUT2D eigenvalue weighted by atomic mass is 10.2. The number of rotatable bonds is 0. The summed E-state index contributed by atoms with van der Waals surface area (Å²) in [6.07, 6.45) is -3.07. The van der Waals surface area contributed by atoms with Crippen molar-refractivity contribution >= 4 is 32.5 Å². The van der Waals surface area contributed by atoms with Crippen LogP contribution in [0.15, 0.2) is 33.9 Å². The topological polar surface area (TPSA) is 39.3 Å². The van der Waals surface area contributed by atoms with Crippen LogP contribution in [-0.4, -0.2) is 14.0 Å². The molecule has 3 aromatic rings. The summed E-state index contributed by atoms with van der Waals surface area (Å²) in [7, 11) is 1.44. The maximum atomic E-state index is 12.8. The van der Waals surface area contributed by atoms with Crippen LogP contribution in [0, 0.1) is 0 Å². The summed E-state index contributed by atoms with van der Waals surface area (Å²) >= 11 is 3.19. The molecule has 2 aromatic heterocycles. The van der Waals surface area contributed by atoms with Gasteiger partial charge in [-0.3, -0.25) is 9.20 Å². The molecule has 2 heterocycles. The van der Waals surface area contributed by atoms with Crippen LogP contribution in [0.4, 0.5) is 13.2 Å². The molecule has 0 amide bonds. The fourth-order valence-electron chi connectivity index (χ4n) is 2.15. The van der Waals surface area contributed by atoms with Gasteiger partial charge in [0.1, 0.15) is 5.52 Å². The van der Waals surface area contributed by atoms with Crippen LogP contribution in [0.25, 0.3) is 16.6 Å². The van der Waals surface area contributed by atoms with E-state index in [0.29, 0.717) is 15.8 Å². The fraction of sp³-hybridized carbons (Fsp3) is 0.167. The lowest BCUT2D eigenvalue weighted by Gasteiger charge is -2.12. The summed E-state index contributed by atoms with van der Waals surface area (Å²) in [6.45, 7) is 0. The van der Waals surface area contributed by atoms with Crippen molar-refractivity contribution in [1.29, 1.82) is 0 Å². The molecule has 1 aromatic carbocycles. The van der Waals surface area contributed by atoms with E-state index in [-0.39, 0.29) is 5.52 Å². The van der Waals surface area contributed by atoms with Crippen molar-refractivity contribution in [2.24, 2.45) is 7.05 Å². The number of hydrogen-bond acceptors (Lipinski definition) is 2. The second-order valence-electron chi connectivity index (χ2n) is 4.31. The number of nitrogens with zero attached hydrogens (tertiary/aromatic N) is 3. The van der Waals surface area contributed by atoms with Crippen LogP contribution < -0.4 is 5.56 Å². The number of benzene rings is 1. The Balaban J connectivity index is 2.54. The van der Waals surface area contributed by atoms with Gasteiger partial charge in [-0.1, -0.05) is 0 Å². The molecule has 0 aliphatic heterocycles. The number of hydrogen-bond donors (Lipinski definition) is 0. The van der Waals surface area contributed by atoms with Gasteiger partial charge in [0, 0.05) is 7.05 Å². The van der Waals surface area contributed by atoms with E-state index in [1.807, 2.05) is 0 Å². The average Bonchev–Trinajstić information content (AvgIpc) is 2.76. The molecule has 0 saturated heterocycles. The highest BCUT2D eigenvalue weighted by molar-refractivity contribution is 9.10. The van der Waals surface area contributed by atoms with E-state index in [4.69, 9.17) is 0 Å². The zero-order valence-corrected chi connectivity index (χ0v) is 11.7. The van der Waals surface area contributed by atoms with Crippen LogP contribution in [0.2, 0.25) is 0 Å². The zero-order chi connectivity index (χ0) is 14.7. The predicted octanol–water partition coefficient (Wildman–Crippen LogP) is 2.97. The zero-order valence-electron chi connectivity index (χ0n) is 10.1. The Labute approximate surface area is 118 Å². The molecule has 0 N–H and O–H groups in total. The van der Waals surface area contributed by atoms with Crippen LogP contribution in [0.1, 0.15) is 5.56 Å². The van der Waals surface area contributed by atoms with Gasteiger partial charge in [0.2, 0.25) is 0 Å². The Kier molecular flexibility index (Phi) is 2.69. The second-order valence-corrected chi connectivity index (χ2v) is 5.02. The van der Waals surface area contributed by atoms with Crippen molar-refractivity contribution in [1.82, 2.24) is 14.0 Å². The van der Waals surface area contributed by atoms with Gasteiger partial charge in [0.05, 0.1) is 22.8 Å². The van der Waals surface area contributed by atoms with Crippen LogP contribution in [-0.2, 0) is 13.2 Å². The Hall–Kier alpha value is -1.83. The molecular weight excluding hydrogens is 339 g/mol. The van der Waals surface area contributed by atoms with Crippen molar-refractivity contribution in [3.63, 3.8) is 0 Å². The molecule has 0 fully saturated rings. The Bertz CT molecular complexity index is 895. The normalized spacial score (nSPS) is 12.4. The smallest absolute Gasteiger partial charge is 0.308 e. The highest BCUT2D eigenvalue weighted by Crippen LogP contribution is 2.31. The van der Waals surface area contributed by atoms with Gasteiger partial charge >= 0.3 is 6.18 Å². The third kappa shape index (κ3) is 1.75. The minimum Gasteiger partial charge on any atom is -0.308 e. The molecule has 0 aliphatic carbocycles. The summed E-state index contributed by atoms with van der Waals surface area (Å²) in [5, 5.41) is 0. The molecule has 4 nitrogen and oxygen atoms in total. The summed E-state index contributed by atoms with van der Waals surface area (Å²) < 4.78 is 41.3. The molecule has 0 unspecified atom stereocenters. The third-order valence-corrected chi connectivity index (χ3v) is 3.71. The minimum atomic E-state index is -4.45. The number of imidazole rings is 1. The quantitative estimate of drug-likeness (QED) is 0.628. The summed E-state index contributed by atoms with van der Waals surface area (Å²) in [5.74, 6) is 0. The standard InChI is InChI=1S/C12H7BrF3N3O/c1-18-8-4-6(12(14,15)16)2-3-7(8)19-9(10(18)20)5-17-11(19)13/h2-5H,1H3. The molecule has 0 bridgehead atoms. The van der Waals surface area contributed by atoms with Crippen molar-refractivity contribution in [2.45, 2.75) is 6.18 Å². The van der Waals surface area contributed by atoms with E-state index < -0.39 is 17.3 Å². The molecule has 3 rings (SSSR count). The molecule has 104 valence electrons. The van der Waals surface area contributed by atoms with Crippen LogP contribution >= 0.6 is 15.9 Å². The number of aryl methyl sites for hydroxylation is 1. The van der Waals surface area contributed by atoms with E-state index in [1.54, 1.807) is 0 Å². The molecule has 0 saturated carbocycles. The molecule has 0 aliphatic rings. The molecule has 0 radical (unpaired) electrons. The van der Waals surface area contributed by atoms with Crippen LogP contribution in [0.3, 0.4) is 0 Å². The first-order valence-corrected chi connectivity index (χ1v) is 6.33. The minimum absolute atomic E-state index is 0.191. The Morgan fingerprint density at radius 1 is 1.20 bits per heavy atom. The van der Waals surface area contributed by atoms with Crippen LogP contribution in [0.5, 0.6) is 0 Å². The molecule has 20 heavy (non-hydrogen) atoms. The van der Waals surface area contributed by atoms with Gasteiger partial charge in [-0.25, -0.2) is 4.98 Å². The lowest BCUT2D eigenvalue weighted by molar-refractivity contribution is -0.137. The van der Waals surface area contributed by atoms with E-state index in [9.17, 15) is 18.0 Å². The SMILES string of the molecule is Cn1c(=O)c2cnc(Br)n2c2ccc(C(F)(F)F)cc21. The monoisotopic (exact) mass is 345 g/mol. The number of aromatic nitrogens is 3. The third-order valence-electron chi connectivity index (χ3n) is 3.15. The van der Waals surface area contributed by atoms with Gasteiger partial charge in [-0.05, 0) is 34.1 Å². The Morgan fingerprint density at radius 3 is 2.55 bits per heavy atom. The van der Waals surface area contributed by atoms with E-state index >= 15 is 0 Å². The molecular formula is C12H7BrF3N3O. The number of fused-ring (bicyclic) bond motifs is 3. The number of alkyl halides is 3. The first-order valence-electron chi connectivity index (χ1n) is 5.53. The van der Waals surface area contributed by atoms with Gasteiger partial charge in [-0.2, -0.15) is 13.2 Å². The summed E-state index contributed by atoms with van der Waals surface area (Å²) in [5.41, 5.74) is -0.243.